The highest BCUT2D eigenvalue weighted by Gasteiger charge is 2.10. The number of hydrogen-bond donors (Lipinski definition) is 2. The highest BCUT2D eigenvalue weighted by atomic mass is 16.5. The fourth-order valence-corrected chi connectivity index (χ4v) is 1.78. The van der Waals surface area contributed by atoms with Crippen LogP contribution in [-0.2, 0) is 11.2 Å². The van der Waals surface area contributed by atoms with E-state index in [1.54, 1.807) is 7.11 Å². The van der Waals surface area contributed by atoms with Gasteiger partial charge < -0.3 is 15.2 Å². The number of hydrogen-bond acceptors (Lipinski definition) is 3. The summed E-state index contributed by atoms with van der Waals surface area (Å²) in [5.41, 5.74) is 0.922. The Kier molecular flexibility index (Phi) is 6.22. The zero-order valence-corrected chi connectivity index (χ0v) is 11.0. The van der Waals surface area contributed by atoms with Crippen molar-refractivity contribution in [3.8, 4) is 5.75 Å². The van der Waals surface area contributed by atoms with Crippen molar-refractivity contribution in [2.75, 3.05) is 13.7 Å². The van der Waals surface area contributed by atoms with Gasteiger partial charge in [0.05, 0.1) is 13.5 Å². The van der Waals surface area contributed by atoms with Crippen molar-refractivity contribution in [2.24, 2.45) is 0 Å². The smallest absolute Gasteiger partial charge is 0.224 e. The first-order valence-corrected chi connectivity index (χ1v) is 6.22. The molecular weight excluding hydrogens is 230 g/mol. The first-order valence-electron chi connectivity index (χ1n) is 6.22. The lowest BCUT2D eigenvalue weighted by atomic mass is 10.1. The molecule has 18 heavy (non-hydrogen) atoms. The molecule has 0 aromatic heterocycles. The summed E-state index contributed by atoms with van der Waals surface area (Å²) in [6.07, 6.45) is 1.75. The maximum absolute atomic E-state index is 11.8. The number of rotatable bonds is 7. The number of carbonyl (C=O) groups is 1. The second-order valence-electron chi connectivity index (χ2n) is 4.21. The highest BCUT2D eigenvalue weighted by molar-refractivity contribution is 5.78. The van der Waals surface area contributed by atoms with Crippen LogP contribution in [0.1, 0.15) is 25.3 Å². The second kappa shape index (κ2) is 7.71. The van der Waals surface area contributed by atoms with Crippen molar-refractivity contribution in [1.29, 1.82) is 0 Å². The van der Waals surface area contributed by atoms with Crippen LogP contribution in [0.15, 0.2) is 24.3 Å². The predicted octanol–water partition coefficient (Wildman–Crippen LogP) is 1.51. The Morgan fingerprint density at radius 1 is 1.50 bits per heavy atom. The largest absolute Gasteiger partial charge is 0.497 e. The first-order chi connectivity index (χ1) is 8.69. The third kappa shape index (κ3) is 4.75. The Labute approximate surface area is 108 Å². The second-order valence-corrected chi connectivity index (χ2v) is 4.21. The number of aliphatic hydroxyl groups is 1. The van der Waals surface area contributed by atoms with Gasteiger partial charge in [-0.15, -0.1) is 0 Å². The molecule has 0 fully saturated rings. The van der Waals surface area contributed by atoms with Crippen LogP contribution in [0.2, 0.25) is 0 Å². The molecule has 4 heteroatoms. The van der Waals surface area contributed by atoms with Crippen molar-refractivity contribution in [3.05, 3.63) is 29.8 Å². The molecule has 2 N–H and O–H groups in total. The number of methoxy groups -OCH3 is 1. The number of nitrogens with one attached hydrogen (secondary N) is 1. The van der Waals surface area contributed by atoms with E-state index in [0.717, 1.165) is 17.7 Å². The van der Waals surface area contributed by atoms with E-state index in [1.807, 2.05) is 31.2 Å². The summed E-state index contributed by atoms with van der Waals surface area (Å²) < 4.78 is 5.11. The Balaban J connectivity index is 2.52. The molecule has 1 aromatic carbocycles. The van der Waals surface area contributed by atoms with Gasteiger partial charge in [0.1, 0.15) is 5.75 Å². The van der Waals surface area contributed by atoms with Gasteiger partial charge in [0, 0.05) is 12.6 Å². The van der Waals surface area contributed by atoms with E-state index in [9.17, 15) is 4.79 Å². The zero-order valence-electron chi connectivity index (χ0n) is 11.0. The number of benzene rings is 1. The molecule has 0 heterocycles. The van der Waals surface area contributed by atoms with Crippen LogP contribution in [0.25, 0.3) is 0 Å². The van der Waals surface area contributed by atoms with Crippen molar-refractivity contribution < 1.29 is 14.6 Å². The summed E-state index contributed by atoms with van der Waals surface area (Å²) in [5.74, 6) is 0.728. The van der Waals surface area contributed by atoms with E-state index in [1.165, 1.54) is 0 Å². The molecule has 0 radical (unpaired) electrons. The normalized spacial score (nSPS) is 11.9. The van der Waals surface area contributed by atoms with Gasteiger partial charge in [0.2, 0.25) is 5.91 Å². The number of carbonyl (C=O) groups excluding carboxylic acids is 1. The molecular formula is C14H21NO3. The standard InChI is InChI=1S/C14H21NO3/c1-3-12(7-8-16)15-14(17)10-11-5-4-6-13(9-11)18-2/h4-6,9,12,16H,3,7-8,10H2,1-2H3,(H,15,17). The number of amides is 1. The Bertz CT molecular complexity index is 379. The van der Waals surface area contributed by atoms with Crippen LogP contribution in [0.3, 0.4) is 0 Å². The molecule has 1 rings (SSSR count). The predicted molar refractivity (Wildman–Crippen MR) is 70.6 cm³/mol. The maximum Gasteiger partial charge on any atom is 0.224 e. The van der Waals surface area contributed by atoms with E-state index in [4.69, 9.17) is 9.84 Å². The van der Waals surface area contributed by atoms with Crippen LogP contribution < -0.4 is 10.1 Å². The molecule has 1 amide bonds. The summed E-state index contributed by atoms with van der Waals surface area (Å²) in [6.45, 7) is 2.09. The SMILES string of the molecule is CCC(CCO)NC(=O)Cc1cccc(OC)c1. The molecule has 4 nitrogen and oxygen atoms in total. The number of aliphatic hydroxyl groups excluding tert-OH is 1. The molecule has 0 aliphatic heterocycles. The number of ether oxygens (including phenoxy) is 1. The molecule has 0 bridgehead atoms. The molecule has 0 saturated heterocycles. The lowest BCUT2D eigenvalue weighted by molar-refractivity contribution is -0.121. The van der Waals surface area contributed by atoms with Crippen LogP contribution in [0.4, 0.5) is 0 Å². The van der Waals surface area contributed by atoms with Crippen molar-refractivity contribution in [3.63, 3.8) is 0 Å². The third-order valence-corrected chi connectivity index (χ3v) is 2.83. The molecule has 0 aliphatic rings. The summed E-state index contributed by atoms with van der Waals surface area (Å²) in [7, 11) is 1.60. The average molecular weight is 251 g/mol. The third-order valence-electron chi connectivity index (χ3n) is 2.83. The minimum Gasteiger partial charge on any atom is -0.497 e. The lowest BCUT2D eigenvalue weighted by Crippen LogP contribution is -2.36. The van der Waals surface area contributed by atoms with Gasteiger partial charge >= 0.3 is 0 Å². The fourth-order valence-electron chi connectivity index (χ4n) is 1.78. The Hall–Kier alpha value is -1.55. The van der Waals surface area contributed by atoms with E-state index in [-0.39, 0.29) is 18.6 Å². The quantitative estimate of drug-likeness (QED) is 0.772. The van der Waals surface area contributed by atoms with Crippen LogP contribution in [0.5, 0.6) is 5.75 Å². The monoisotopic (exact) mass is 251 g/mol. The Morgan fingerprint density at radius 3 is 2.89 bits per heavy atom. The van der Waals surface area contributed by atoms with Crippen LogP contribution in [0, 0.1) is 0 Å². The molecule has 0 spiro atoms. The topological polar surface area (TPSA) is 58.6 Å². The van der Waals surface area contributed by atoms with Crippen molar-refractivity contribution in [2.45, 2.75) is 32.2 Å². The van der Waals surface area contributed by atoms with E-state index in [0.29, 0.717) is 12.8 Å². The van der Waals surface area contributed by atoms with Gasteiger partial charge in [0.25, 0.3) is 0 Å². The zero-order chi connectivity index (χ0) is 13.4. The van der Waals surface area contributed by atoms with Gasteiger partial charge in [0.15, 0.2) is 0 Å². The average Bonchev–Trinajstić information content (AvgIpc) is 2.38. The molecule has 1 unspecified atom stereocenters. The van der Waals surface area contributed by atoms with E-state index < -0.39 is 0 Å². The van der Waals surface area contributed by atoms with Gasteiger partial charge in [-0.1, -0.05) is 19.1 Å². The molecule has 1 atom stereocenters. The minimum absolute atomic E-state index is 0.0245. The van der Waals surface area contributed by atoms with Gasteiger partial charge in [-0.05, 0) is 30.5 Å². The Morgan fingerprint density at radius 2 is 2.28 bits per heavy atom. The molecule has 1 aromatic rings. The van der Waals surface area contributed by atoms with Gasteiger partial charge in [-0.2, -0.15) is 0 Å². The van der Waals surface area contributed by atoms with Crippen LogP contribution in [-0.4, -0.2) is 30.8 Å². The van der Waals surface area contributed by atoms with Crippen molar-refractivity contribution >= 4 is 5.91 Å². The minimum atomic E-state index is -0.0245. The van der Waals surface area contributed by atoms with Gasteiger partial charge in [-0.25, -0.2) is 0 Å². The van der Waals surface area contributed by atoms with Crippen LogP contribution >= 0.6 is 0 Å². The van der Waals surface area contributed by atoms with E-state index >= 15 is 0 Å². The summed E-state index contributed by atoms with van der Waals surface area (Å²) in [6, 6.07) is 7.52. The molecule has 0 aliphatic carbocycles. The van der Waals surface area contributed by atoms with Gasteiger partial charge in [-0.3, -0.25) is 4.79 Å². The highest BCUT2D eigenvalue weighted by Crippen LogP contribution is 2.13. The summed E-state index contributed by atoms with van der Waals surface area (Å²) >= 11 is 0. The first kappa shape index (κ1) is 14.5. The molecule has 100 valence electrons. The maximum atomic E-state index is 11.8. The summed E-state index contributed by atoms with van der Waals surface area (Å²) in [4.78, 5) is 11.8. The fraction of sp³-hybridized carbons (Fsp3) is 0.500. The van der Waals surface area contributed by atoms with Crippen molar-refractivity contribution in [1.82, 2.24) is 5.32 Å². The lowest BCUT2D eigenvalue weighted by Gasteiger charge is -2.15. The molecule has 0 saturated carbocycles. The van der Waals surface area contributed by atoms with E-state index in [2.05, 4.69) is 5.32 Å². The summed E-state index contributed by atoms with van der Waals surface area (Å²) in [5, 5.41) is 11.8.